The lowest BCUT2D eigenvalue weighted by atomic mass is 10.8. The first-order chi connectivity index (χ1) is 5.07. The first kappa shape index (κ1) is 11.4. The molecule has 2 nitrogen and oxygen atoms in total. The highest BCUT2D eigenvalue weighted by Crippen LogP contribution is 2.34. The van der Waals surface area contributed by atoms with Gasteiger partial charge in [-0.1, -0.05) is 12.6 Å². The van der Waals surface area contributed by atoms with Gasteiger partial charge in [0, 0.05) is 0 Å². The Morgan fingerprint density at radius 3 is 1.25 bits per heavy atom. The smallest absolute Gasteiger partial charge is 0.261 e. The summed E-state index contributed by atoms with van der Waals surface area (Å²) in [5, 5.41) is -2.42. The van der Waals surface area contributed by atoms with Gasteiger partial charge in [-0.2, -0.15) is 4.90 Å². The van der Waals surface area contributed by atoms with Gasteiger partial charge in [0.2, 0.25) is 0 Å². The Bertz CT molecular complexity index is 170. The first-order valence-electron chi connectivity index (χ1n) is 2.23. The second-order valence-corrected chi connectivity index (χ2v) is 1.94. The lowest BCUT2D eigenvalue weighted by Crippen LogP contribution is -2.49. The number of amides is 1. The molecule has 0 spiro atoms. The van der Waals surface area contributed by atoms with Gasteiger partial charge in [-0.15, -0.1) is 26.3 Å². The van der Waals surface area contributed by atoms with E-state index in [2.05, 4.69) is 12.6 Å². The molecule has 9 heteroatoms. The Balaban J connectivity index is 4.82. The maximum atomic E-state index is 11.4. The average Bonchev–Trinajstić information content (AvgIpc) is 1.49. The van der Waals surface area contributed by atoms with E-state index in [0.717, 1.165) is 0 Å². The minimum absolute atomic E-state index is 2.23. The molecule has 72 valence electrons. The Morgan fingerprint density at radius 1 is 1.00 bits per heavy atom. The maximum Gasteiger partial charge on any atom is 0.494 e. The van der Waals surface area contributed by atoms with Crippen LogP contribution in [0, 0.1) is 0 Å². The number of carbonyl (C=O) groups is 1. The highest BCUT2D eigenvalue weighted by atomic mass is 32.1. The largest absolute Gasteiger partial charge is 0.494 e. The highest BCUT2D eigenvalue weighted by Gasteiger charge is 2.56. The van der Waals surface area contributed by atoms with Crippen molar-refractivity contribution in [2.24, 2.45) is 0 Å². The molecule has 0 bridgehead atoms. The van der Waals surface area contributed by atoms with Gasteiger partial charge in [-0.05, 0) is 0 Å². The van der Waals surface area contributed by atoms with Gasteiger partial charge < -0.3 is 0 Å². The molecule has 0 rings (SSSR count). The molecule has 0 saturated carbocycles. The van der Waals surface area contributed by atoms with E-state index in [-0.39, 0.29) is 0 Å². The summed E-state index contributed by atoms with van der Waals surface area (Å²) < 4.78 is 68.4. The molecular formula is C3HF6NOS. The molecule has 0 saturated heterocycles. The van der Waals surface area contributed by atoms with E-state index in [9.17, 15) is 31.1 Å². The number of rotatable bonds is 0. The minimum Gasteiger partial charge on any atom is -0.261 e. The van der Waals surface area contributed by atoms with E-state index in [1.807, 2.05) is 0 Å². The van der Waals surface area contributed by atoms with Gasteiger partial charge in [0.15, 0.2) is 0 Å². The van der Waals surface area contributed by atoms with Crippen molar-refractivity contribution >= 4 is 17.9 Å². The van der Waals surface area contributed by atoms with Gasteiger partial charge in [0.1, 0.15) is 0 Å². The lowest BCUT2D eigenvalue weighted by Gasteiger charge is -2.24. The summed E-state index contributed by atoms with van der Waals surface area (Å²) in [6, 6.07) is 0. The van der Waals surface area contributed by atoms with Gasteiger partial charge >= 0.3 is 12.6 Å². The number of nitrogens with zero attached hydrogens (tertiary/aromatic N) is 1. The van der Waals surface area contributed by atoms with Gasteiger partial charge in [0.05, 0.1) is 0 Å². The molecule has 0 aromatic carbocycles. The minimum atomic E-state index is -5.79. The van der Waals surface area contributed by atoms with E-state index in [0.29, 0.717) is 0 Å². The van der Waals surface area contributed by atoms with E-state index >= 15 is 0 Å². The number of hydrogen-bond donors (Lipinski definition) is 1. The molecule has 0 aliphatic carbocycles. The Labute approximate surface area is 67.5 Å². The van der Waals surface area contributed by atoms with Crippen molar-refractivity contribution in [3.05, 3.63) is 0 Å². The number of halogens is 6. The summed E-state index contributed by atoms with van der Waals surface area (Å²) in [6.07, 6.45) is -11.6. The molecule has 0 radical (unpaired) electrons. The molecule has 0 unspecified atom stereocenters. The fourth-order valence-electron chi connectivity index (χ4n) is 0.361. The van der Waals surface area contributed by atoms with Crippen LogP contribution >= 0.6 is 12.6 Å². The van der Waals surface area contributed by atoms with Crippen molar-refractivity contribution in [3.8, 4) is 0 Å². The molecule has 0 atom stereocenters. The van der Waals surface area contributed by atoms with Crippen molar-refractivity contribution in [2.45, 2.75) is 12.6 Å². The van der Waals surface area contributed by atoms with Crippen LogP contribution in [0.2, 0.25) is 0 Å². The topological polar surface area (TPSA) is 20.3 Å². The summed E-state index contributed by atoms with van der Waals surface area (Å²) in [7, 11) is 0. The van der Waals surface area contributed by atoms with E-state index in [1.165, 1.54) is 0 Å². The molecule has 0 aromatic heterocycles. The second-order valence-electron chi connectivity index (χ2n) is 1.55. The van der Waals surface area contributed by atoms with Crippen LogP contribution in [-0.4, -0.2) is 22.7 Å². The van der Waals surface area contributed by atoms with Crippen LogP contribution in [0.4, 0.5) is 31.1 Å². The van der Waals surface area contributed by atoms with E-state index in [4.69, 9.17) is 0 Å². The SMILES string of the molecule is O=C(S)N(C(F)(F)F)C(F)(F)F. The fourth-order valence-corrected chi connectivity index (χ4v) is 0.587. The third-order valence-corrected chi connectivity index (χ3v) is 0.898. The van der Waals surface area contributed by atoms with Crippen LogP contribution in [-0.2, 0) is 0 Å². The van der Waals surface area contributed by atoms with Crippen molar-refractivity contribution in [2.75, 3.05) is 0 Å². The molecule has 12 heavy (non-hydrogen) atoms. The molecule has 0 N–H and O–H groups in total. The summed E-state index contributed by atoms with van der Waals surface area (Å²) in [6.45, 7) is 0. The lowest BCUT2D eigenvalue weighted by molar-refractivity contribution is -0.345. The first-order valence-corrected chi connectivity index (χ1v) is 2.68. The molecule has 0 aliphatic heterocycles. The molecule has 0 aliphatic rings. The maximum absolute atomic E-state index is 11.4. The summed E-state index contributed by atoms with van der Waals surface area (Å²) >= 11 is 2.43. The second kappa shape index (κ2) is 3.04. The Kier molecular flexibility index (Phi) is 2.88. The molecule has 0 fully saturated rings. The number of thiol groups is 1. The standard InChI is InChI=1S/C3HF6NOS/c4-2(5,6)10(1(11)12)3(7,8)9/h(H,11,12). The van der Waals surface area contributed by atoms with Crippen molar-refractivity contribution in [3.63, 3.8) is 0 Å². The third kappa shape index (κ3) is 2.80. The van der Waals surface area contributed by atoms with Gasteiger partial charge in [-0.3, -0.25) is 4.79 Å². The van der Waals surface area contributed by atoms with Crippen molar-refractivity contribution < 1.29 is 31.1 Å². The Morgan fingerprint density at radius 2 is 1.25 bits per heavy atom. The predicted octanol–water partition coefficient (Wildman–Crippen LogP) is 2.38. The number of carbonyl (C=O) groups excluding carboxylic acids is 1. The van der Waals surface area contributed by atoms with Crippen LogP contribution in [0.5, 0.6) is 0 Å². The van der Waals surface area contributed by atoms with Crippen molar-refractivity contribution in [1.82, 2.24) is 4.90 Å². The van der Waals surface area contributed by atoms with Crippen LogP contribution in [0.15, 0.2) is 0 Å². The zero-order valence-electron chi connectivity index (χ0n) is 5.07. The molecular weight excluding hydrogens is 212 g/mol. The zero-order valence-corrected chi connectivity index (χ0v) is 5.96. The quantitative estimate of drug-likeness (QED) is 0.372. The van der Waals surface area contributed by atoms with Crippen LogP contribution in [0.1, 0.15) is 0 Å². The summed E-state index contributed by atoms with van der Waals surface area (Å²) in [4.78, 5) is 7.55. The number of alkyl halides is 6. The van der Waals surface area contributed by atoms with E-state index < -0.39 is 22.7 Å². The highest BCUT2D eigenvalue weighted by molar-refractivity contribution is 7.96. The molecule has 1 amide bonds. The van der Waals surface area contributed by atoms with Crippen LogP contribution in [0.25, 0.3) is 0 Å². The fraction of sp³-hybridized carbons (Fsp3) is 0.667. The van der Waals surface area contributed by atoms with Crippen LogP contribution in [0.3, 0.4) is 0 Å². The summed E-state index contributed by atoms with van der Waals surface area (Å²) in [5.74, 6) is 0. The van der Waals surface area contributed by atoms with Gasteiger partial charge in [0.25, 0.3) is 5.24 Å². The monoisotopic (exact) mass is 213 g/mol. The predicted molar refractivity (Wildman–Crippen MR) is 28.3 cm³/mol. The normalized spacial score (nSPS) is 12.9. The zero-order chi connectivity index (χ0) is 10.2. The number of hydrogen-bond acceptors (Lipinski definition) is 1. The summed E-state index contributed by atoms with van der Waals surface area (Å²) in [5.41, 5.74) is 0. The van der Waals surface area contributed by atoms with Crippen molar-refractivity contribution in [1.29, 1.82) is 0 Å². The average molecular weight is 213 g/mol. The Hall–Kier alpha value is -0.600. The third-order valence-electron chi connectivity index (χ3n) is 0.698. The van der Waals surface area contributed by atoms with E-state index in [1.54, 1.807) is 0 Å². The van der Waals surface area contributed by atoms with Gasteiger partial charge in [-0.25, -0.2) is 0 Å². The van der Waals surface area contributed by atoms with Crippen LogP contribution < -0.4 is 0 Å². The molecule has 0 aromatic rings. The molecule has 0 heterocycles.